The molecular weight excluding hydrogens is 537 g/mol. The molecule has 2 heterocycles. The molecule has 2 aliphatic rings. The van der Waals surface area contributed by atoms with Crippen molar-refractivity contribution < 1.29 is 14.3 Å². The molecule has 0 saturated heterocycles. The van der Waals surface area contributed by atoms with E-state index in [-0.39, 0.29) is 23.7 Å². The average Bonchev–Trinajstić information content (AvgIpc) is 3.29. The molecule has 0 saturated carbocycles. The maximum absolute atomic E-state index is 13.9. The van der Waals surface area contributed by atoms with Crippen molar-refractivity contribution in [2.24, 2.45) is 0 Å². The van der Waals surface area contributed by atoms with Gasteiger partial charge in [0.05, 0.1) is 35.5 Å². The molecule has 0 fully saturated rings. The molecule has 0 radical (unpaired) electrons. The van der Waals surface area contributed by atoms with Crippen molar-refractivity contribution in [3.05, 3.63) is 115 Å². The number of carbonyl (C=O) groups is 1. The normalized spacial score (nSPS) is 18.3. The zero-order chi connectivity index (χ0) is 27.3. The van der Waals surface area contributed by atoms with Crippen molar-refractivity contribution in [2.75, 3.05) is 19.5 Å². The number of H-pyrrole nitrogens is 1. The summed E-state index contributed by atoms with van der Waals surface area (Å²) in [6, 6.07) is 20.3. The van der Waals surface area contributed by atoms with Gasteiger partial charge in [0.25, 0.3) is 5.56 Å². The largest absolute Gasteiger partial charge is 0.493 e. The second kappa shape index (κ2) is 9.98. The van der Waals surface area contributed by atoms with Crippen LogP contribution in [0.3, 0.4) is 0 Å². The Kier molecular flexibility index (Phi) is 6.49. The second-order valence-corrected chi connectivity index (χ2v) is 10.4. The lowest BCUT2D eigenvalue weighted by atomic mass is 9.72. The minimum atomic E-state index is -0.671. The fourth-order valence-electron chi connectivity index (χ4n) is 5.65. The van der Waals surface area contributed by atoms with E-state index in [2.05, 4.69) is 10.4 Å². The van der Waals surface area contributed by atoms with E-state index < -0.39 is 5.92 Å². The number of ketones is 1. The molecule has 3 aromatic carbocycles. The Bertz CT molecular complexity index is 1690. The van der Waals surface area contributed by atoms with E-state index in [0.29, 0.717) is 56.2 Å². The van der Waals surface area contributed by atoms with Crippen LogP contribution in [0.15, 0.2) is 82.8 Å². The standard InChI is InChI=1S/C30H25Cl2N3O4/c1-38-23-12-11-16(15-24(23)39-2)17-13-21-26(22(36)14-17)25(19-9-6-10-20(31)28(19)32)27-29(33-21)34-35(30(27)37)18-7-4-3-5-8-18/h3-12,15,17,25,33-34H,13-14H2,1-2H3/t17-,25-/m0/s1. The highest BCUT2D eigenvalue weighted by molar-refractivity contribution is 6.42. The predicted octanol–water partition coefficient (Wildman–Crippen LogP) is 6.45. The molecule has 198 valence electrons. The zero-order valence-corrected chi connectivity index (χ0v) is 22.8. The maximum Gasteiger partial charge on any atom is 0.277 e. The van der Waals surface area contributed by atoms with E-state index in [1.165, 1.54) is 4.68 Å². The number of allylic oxidation sites excluding steroid dienone is 2. The van der Waals surface area contributed by atoms with Crippen LogP contribution >= 0.6 is 23.2 Å². The smallest absolute Gasteiger partial charge is 0.277 e. The highest BCUT2D eigenvalue weighted by Crippen LogP contribution is 2.49. The van der Waals surface area contributed by atoms with E-state index in [0.717, 1.165) is 11.3 Å². The van der Waals surface area contributed by atoms with Gasteiger partial charge in [0, 0.05) is 23.6 Å². The van der Waals surface area contributed by atoms with Crippen molar-refractivity contribution in [1.82, 2.24) is 9.78 Å². The summed E-state index contributed by atoms with van der Waals surface area (Å²) in [5.74, 6) is 0.943. The number of rotatable bonds is 5. The molecule has 1 aliphatic carbocycles. The van der Waals surface area contributed by atoms with Crippen molar-refractivity contribution >= 4 is 34.8 Å². The van der Waals surface area contributed by atoms with Crippen molar-refractivity contribution in [3.63, 3.8) is 0 Å². The highest BCUT2D eigenvalue weighted by atomic mass is 35.5. The van der Waals surface area contributed by atoms with Crippen molar-refractivity contribution in [2.45, 2.75) is 24.7 Å². The van der Waals surface area contributed by atoms with Gasteiger partial charge >= 0.3 is 0 Å². The number of nitrogens with one attached hydrogen (secondary N) is 2. The van der Waals surface area contributed by atoms with Crippen LogP contribution < -0.4 is 20.3 Å². The minimum Gasteiger partial charge on any atom is -0.493 e. The number of hydrogen-bond donors (Lipinski definition) is 2. The fraction of sp³-hybridized carbons (Fsp3) is 0.200. The number of aromatic amines is 1. The quantitative estimate of drug-likeness (QED) is 0.292. The summed E-state index contributed by atoms with van der Waals surface area (Å²) < 4.78 is 12.4. The molecule has 0 bridgehead atoms. The molecule has 1 aromatic heterocycles. The number of Topliss-reactive ketones (excluding diaryl/α,β-unsaturated/α-hetero) is 1. The molecule has 2 atom stereocenters. The fourth-order valence-corrected chi connectivity index (χ4v) is 6.07. The van der Waals surface area contributed by atoms with Gasteiger partial charge in [-0.05, 0) is 53.8 Å². The number of halogens is 2. The molecule has 0 amide bonds. The van der Waals surface area contributed by atoms with Crippen LogP contribution in [-0.4, -0.2) is 29.8 Å². The maximum atomic E-state index is 13.9. The number of carbonyl (C=O) groups excluding carboxylic acids is 1. The SMILES string of the molecule is COc1ccc([C@@H]2CC(=O)C3=C(C2)Nc2[nH]n(-c4ccccc4)c(=O)c2[C@H]3c2cccc(Cl)c2Cl)cc1OC. The van der Waals surface area contributed by atoms with E-state index in [9.17, 15) is 9.59 Å². The number of ether oxygens (including phenoxy) is 2. The van der Waals surface area contributed by atoms with E-state index in [4.69, 9.17) is 32.7 Å². The molecule has 9 heteroatoms. The van der Waals surface area contributed by atoms with E-state index >= 15 is 0 Å². The molecule has 0 unspecified atom stereocenters. The Balaban J connectivity index is 1.50. The van der Waals surface area contributed by atoms with Crippen LogP contribution in [0, 0.1) is 0 Å². The summed E-state index contributed by atoms with van der Waals surface area (Å²) in [5, 5.41) is 7.31. The van der Waals surface area contributed by atoms with Gasteiger partial charge in [0.2, 0.25) is 0 Å². The van der Waals surface area contributed by atoms with Gasteiger partial charge in [-0.2, -0.15) is 0 Å². The molecule has 39 heavy (non-hydrogen) atoms. The van der Waals surface area contributed by atoms with Crippen LogP contribution in [0.5, 0.6) is 11.5 Å². The Labute approximate surface area is 234 Å². The van der Waals surface area contributed by atoms with Crippen LogP contribution in [0.25, 0.3) is 5.69 Å². The summed E-state index contributed by atoms with van der Waals surface area (Å²) in [5.41, 5.74) is 3.73. The third kappa shape index (κ3) is 4.22. The van der Waals surface area contributed by atoms with Crippen LogP contribution in [-0.2, 0) is 4.79 Å². The Morgan fingerprint density at radius 2 is 1.67 bits per heavy atom. The molecular formula is C30H25Cl2N3O4. The average molecular weight is 562 g/mol. The summed E-state index contributed by atoms with van der Waals surface area (Å²) in [4.78, 5) is 27.8. The summed E-state index contributed by atoms with van der Waals surface area (Å²) in [6.45, 7) is 0. The predicted molar refractivity (Wildman–Crippen MR) is 152 cm³/mol. The van der Waals surface area contributed by atoms with Crippen molar-refractivity contribution in [1.29, 1.82) is 0 Å². The first-order chi connectivity index (χ1) is 18.9. The molecule has 1 aliphatic heterocycles. The van der Waals surface area contributed by atoms with Gasteiger partial charge in [-0.25, -0.2) is 4.68 Å². The summed E-state index contributed by atoms with van der Waals surface area (Å²) >= 11 is 13.1. The zero-order valence-electron chi connectivity index (χ0n) is 21.3. The number of anilines is 1. The molecule has 2 N–H and O–H groups in total. The summed E-state index contributed by atoms with van der Waals surface area (Å²) in [6.07, 6.45) is 0.834. The molecule has 4 aromatic rings. The van der Waals surface area contributed by atoms with Crippen LogP contribution in [0.4, 0.5) is 5.82 Å². The number of hydrogen-bond acceptors (Lipinski definition) is 5. The second-order valence-electron chi connectivity index (χ2n) is 9.61. The Morgan fingerprint density at radius 3 is 2.41 bits per heavy atom. The van der Waals surface area contributed by atoms with Gasteiger partial charge < -0.3 is 14.8 Å². The third-order valence-corrected chi connectivity index (χ3v) is 8.31. The topological polar surface area (TPSA) is 85.4 Å². The van der Waals surface area contributed by atoms with E-state index in [1.807, 2.05) is 54.6 Å². The number of nitrogens with zero attached hydrogens (tertiary/aromatic N) is 1. The lowest BCUT2D eigenvalue weighted by Gasteiger charge is -2.35. The van der Waals surface area contributed by atoms with Crippen LogP contribution in [0.2, 0.25) is 10.0 Å². The summed E-state index contributed by atoms with van der Waals surface area (Å²) in [7, 11) is 3.18. The van der Waals surface area contributed by atoms with Crippen LogP contribution in [0.1, 0.15) is 41.4 Å². The first-order valence-corrected chi connectivity index (χ1v) is 13.3. The first kappa shape index (κ1) is 25.3. The molecule has 0 spiro atoms. The van der Waals surface area contributed by atoms with Gasteiger partial charge in [-0.3, -0.25) is 14.7 Å². The van der Waals surface area contributed by atoms with Gasteiger partial charge in [0.15, 0.2) is 17.3 Å². The third-order valence-electron chi connectivity index (χ3n) is 7.47. The number of methoxy groups -OCH3 is 2. The number of para-hydroxylation sites is 1. The van der Waals surface area contributed by atoms with Gasteiger partial charge in [-0.15, -0.1) is 0 Å². The lowest BCUT2D eigenvalue weighted by molar-refractivity contribution is -0.116. The van der Waals surface area contributed by atoms with Crippen molar-refractivity contribution in [3.8, 4) is 17.2 Å². The molecule has 7 nitrogen and oxygen atoms in total. The highest BCUT2D eigenvalue weighted by Gasteiger charge is 2.42. The monoisotopic (exact) mass is 561 g/mol. The number of benzene rings is 3. The van der Waals surface area contributed by atoms with Gasteiger partial charge in [0.1, 0.15) is 5.82 Å². The Hall–Kier alpha value is -3.94. The van der Waals surface area contributed by atoms with Gasteiger partial charge in [-0.1, -0.05) is 59.6 Å². The Morgan fingerprint density at radius 1 is 0.897 bits per heavy atom. The number of fused-ring (bicyclic) bond motifs is 1. The van der Waals surface area contributed by atoms with E-state index in [1.54, 1.807) is 26.4 Å². The minimum absolute atomic E-state index is 0.0536. The number of aromatic nitrogens is 2. The first-order valence-electron chi connectivity index (χ1n) is 12.5. The molecule has 6 rings (SSSR count). The lowest BCUT2D eigenvalue weighted by Crippen LogP contribution is -2.32.